The first-order valence-electron chi connectivity index (χ1n) is 10.4. The van der Waals surface area contributed by atoms with E-state index in [0.29, 0.717) is 16.1 Å². The molecule has 0 radical (unpaired) electrons. The van der Waals surface area contributed by atoms with E-state index in [1.807, 2.05) is 0 Å². The number of nitrogens with zero attached hydrogens (tertiary/aromatic N) is 5. The van der Waals surface area contributed by atoms with Gasteiger partial charge in [-0.15, -0.1) is 0 Å². The third-order valence-corrected chi connectivity index (χ3v) is 6.17. The van der Waals surface area contributed by atoms with Crippen LogP contribution in [-0.2, 0) is 6.18 Å². The van der Waals surface area contributed by atoms with Crippen molar-refractivity contribution in [2.75, 3.05) is 26.2 Å². The lowest BCUT2D eigenvalue weighted by molar-refractivity contribution is -0.142. The van der Waals surface area contributed by atoms with Crippen molar-refractivity contribution in [2.24, 2.45) is 0 Å². The Morgan fingerprint density at radius 2 is 1.66 bits per heavy atom. The van der Waals surface area contributed by atoms with Gasteiger partial charge in [0.2, 0.25) is 0 Å². The molecule has 0 atom stereocenters. The summed E-state index contributed by atoms with van der Waals surface area (Å²) in [4.78, 5) is 32.9. The summed E-state index contributed by atoms with van der Waals surface area (Å²) in [6, 6.07) is 9.37. The van der Waals surface area contributed by atoms with Crippen molar-refractivity contribution in [1.82, 2.24) is 24.4 Å². The summed E-state index contributed by atoms with van der Waals surface area (Å²) in [6.45, 7) is 4.30. The van der Waals surface area contributed by atoms with Crippen molar-refractivity contribution in [3.63, 3.8) is 0 Å². The summed E-state index contributed by atoms with van der Waals surface area (Å²) in [6.07, 6.45) is -2.53. The molecule has 2 aromatic heterocycles. The van der Waals surface area contributed by atoms with Gasteiger partial charge in [-0.1, -0.05) is 30.9 Å². The normalized spacial score (nSPS) is 14.9. The standard InChI is InChI=1S/C23H19BrF3N5O3/c1-2-6-16(33)15-13-17(23(25,26)27)32-20(28-15)18(24)19(29-32)22(35)31-11-9-30(10-12-31)21(34)14-7-4-3-5-8-14/h2-8,13,33H,1,9-12H2/b16-6-. The molecule has 1 N–H and O–H groups in total. The van der Waals surface area contributed by atoms with E-state index in [1.165, 1.54) is 11.0 Å². The molecule has 1 fully saturated rings. The van der Waals surface area contributed by atoms with Crippen LogP contribution in [0.4, 0.5) is 13.2 Å². The van der Waals surface area contributed by atoms with Crippen molar-refractivity contribution >= 4 is 39.2 Å². The highest BCUT2D eigenvalue weighted by Gasteiger charge is 2.37. The first-order chi connectivity index (χ1) is 16.6. The van der Waals surface area contributed by atoms with Gasteiger partial charge in [0.15, 0.2) is 17.0 Å². The van der Waals surface area contributed by atoms with E-state index < -0.39 is 23.5 Å². The van der Waals surface area contributed by atoms with Crippen LogP contribution >= 0.6 is 15.9 Å². The van der Waals surface area contributed by atoms with Crippen LogP contribution in [0.25, 0.3) is 11.4 Å². The molecular weight excluding hydrogens is 531 g/mol. The van der Waals surface area contributed by atoms with Gasteiger partial charge in [-0.3, -0.25) is 9.59 Å². The van der Waals surface area contributed by atoms with Crippen molar-refractivity contribution in [1.29, 1.82) is 0 Å². The number of allylic oxidation sites excluding steroid dienone is 2. The zero-order chi connectivity index (χ0) is 25.3. The number of amides is 2. The zero-order valence-corrected chi connectivity index (χ0v) is 19.8. The first kappa shape index (κ1) is 24.5. The summed E-state index contributed by atoms with van der Waals surface area (Å²) in [5, 5.41) is 13.9. The Hall–Kier alpha value is -3.67. The molecule has 1 saturated heterocycles. The number of rotatable bonds is 4. The summed E-state index contributed by atoms with van der Waals surface area (Å²) in [7, 11) is 0. The number of hydrogen-bond donors (Lipinski definition) is 1. The summed E-state index contributed by atoms with van der Waals surface area (Å²) in [5.74, 6) is -1.28. The van der Waals surface area contributed by atoms with Crippen LogP contribution < -0.4 is 0 Å². The van der Waals surface area contributed by atoms with Crippen LogP contribution in [0.3, 0.4) is 0 Å². The summed E-state index contributed by atoms with van der Waals surface area (Å²) < 4.78 is 41.7. The SMILES string of the molecule is C=C/C=C(\O)c1cc(C(F)(F)F)n2nc(C(=O)N3CCN(C(=O)c4ccccc4)CC3)c(Br)c2n1. The number of benzene rings is 1. The van der Waals surface area contributed by atoms with Gasteiger partial charge in [-0.25, -0.2) is 9.50 Å². The maximum atomic E-state index is 13.7. The molecule has 0 saturated carbocycles. The van der Waals surface area contributed by atoms with Gasteiger partial charge < -0.3 is 14.9 Å². The van der Waals surface area contributed by atoms with Crippen LogP contribution in [0.1, 0.15) is 32.2 Å². The van der Waals surface area contributed by atoms with E-state index in [9.17, 15) is 27.9 Å². The topological polar surface area (TPSA) is 91.0 Å². The van der Waals surface area contributed by atoms with Crippen LogP contribution in [0.5, 0.6) is 0 Å². The van der Waals surface area contributed by atoms with Gasteiger partial charge in [-0.2, -0.15) is 18.3 Å². The molecule has 0 bridgehead atoms. The lowest BCUT2D eigenvalue weighted by Crippen LogP contribution is -2.50. The molecule has 4 rings (SSSR count). The fourth-order valence-corrected chi connectivity index (χ4v) is 4.19. The van der Waals surface area contributed by atoms with E-state index in [4.69, 9.17) is 0 Å². The van der Waals surface area contributed by atoms with Crippen LogP contribution in [0.15, 0.2) is 59.6 Å². The number of halogens is 4. The molecule has 3 aromatic rings. The predicted molar refractivity (Wildman–Crippen MR) is 125 cm³/mol. The molecule has 1 aliphatic heterocycles. The molecule has 2 amide bonds. The quantitative estimate of drug-likeness (QED) is 0.389. The Labute approximate surface area is 206 Å². The average Bonchev–Trinajstić information content (AvgIpc) is 3.19. The summed E-state index contributed by atoms with van der Waals surface area (Å²) >= 11 is 3.16. The molecule has 3 heterocycles. The third kappa shape index (κ3) is 4.78. The Bertz CT molecular complexity index is 1330. The van der Waals surface area contributed by atoms with Crippen molar-refractivity contribution < 1.29 is 27.9 Å². The molecule has 12 heteroatoms. The van der Waals surface area contributed by atoms with E-state index in [1.54, 1.807) is 35.2 Å². The molecular formula is C23H19BrF3N5O3. The second-order valence-electron chi connectivity index (χ2n) is 7.66. The van der Waals surface area contributed by atoms with Gasteiger partial charge in [0, 0.05) is 31.7 Å². The Balaban J connectivity index is 1.62. The number of piperazine rings is 1. The van der Waals surface area contributed by atoms with Crippen LogP contribution in [-0.4, -0.2) is 67.5 Å². The number of alkyl halides is 3. The smallest absolute Gasteiger partial charge is 0.433 e. The second-order valence-corrected chi connectivity index (χ2v) is 8.45. The number of aliphatic hydroxyl groups excluding tert-OH is 1. The molecule has 0 spiro atoms. The lowest BCUT2D eigenvalue weighted by Gasteiger charge is -2.34. The van der Waals surface area contributed by atoms with Crippen molar-refractivity contribution in [3.05, 3.63) is 82.2 Å². The van der Waals surface area contributed by atoms with Crippen molar-refractivity contribution in [2.45, 2.75) is 6.18 Å². The molecule has 182 valence electrons. The average molecular weight is 550 g/mol. The van der Waals surface area contributed by atoms with E-state index in [-0.39, 0.29) is 53.6 Å². The predicted octanol–water partition coefficient (Wildman–Crippen LogP) is 4.19. The number of carbonyl (C=O) groups is 2. The number of aliphatic hydroxyl groups is 1. The lowest BCUT2D eigenvalue weighted by atomic mass is 10.2. The van der Waals surface area contributed by atoms with E-state index in [2.05, 4.69) is 32.6 Å². The van der Waals surface area contributed by atoms with Crippen molar-refractivity contribution in [3.8, 4) is 0 Å². The van der Waals surface area contributed by atoms with Crippen LogP contribution in [0.2, 0.25) is 0 Å². The third-order valence-electron chi connectivity index (χ3n) is 5.44. The van der Waals surface area contributed by atoms with Gasteiger partial charge >= 0.3 is 6.18 Å². The van der Waals surface area contributed by atoms with Crippen LogP contribution in [0, 0.1) is 0 Å². The Morgan fingerprint density at radius 1 is 1.06 bits per heavy atom. The van der Waals surface area contributed by atoms with Gasteiger partial charge in [0.05, 0.1) is 4.47 Å². The number of aromatic nitrogens is 3. The van der Waals surface area contributed by atoms with E-state index in [0.717, 1.165) is 6.08 Å². The minimum atomic E-state index is -4.83. The monoisotopic (exact) mass is 549 g/mol. The number of fused-ring (bicyclic) bond motifs is 1. The summed E-state index contributed by atoms with van der Waals surface area (Å²) in [5.41, 5.74) is -1.56. The molecule has 0 aliphatic carbocycles. The largest absolute Gasteiger partial charge is 0.506 e. The number of carbonyl (C=O) groups excluding carboxylic acids is 2. The minimum Gasteiger partial charge on any atom is -0.506 e. The van der Waals surface area contributed by atoms with E-state index >= 15 is 0 Å². The minimum absolute atomic E-state index is 0.0379. The zero-order valence-electron chi connectivity index (χ0n) is 18.2. The fourth-order valence-electron chi connectivity index (χ4n) is 3.68. The second kappa shape index (κ2) is 9.53. The molecule has 0 unspecified atom stereocenters. The molecule has 1 aromatic carbocycles. The highest BCUT2D eigenvalue weighted by atomic mass is 79.9. The molecule has 8 nitrogen and oxygen atoms in total. The van der Waals surface area contributed by atoms with Gasteiger partial charge in [0.25, 0.3) is 11.8 Å². The number of hydrogen-bond acceptors (Lipinski definition) is 5. The van der Waals surface area contributed by atoms with Gasteiger partial charge in [0.1, 0.15) is 11.5 Å². The Morgan fingerprint density at radius 3 is 2.23 bits per heavy atom. The maximum absolute atomic E-state index is 13.7. The fraction of sp³-hybridized carbons (Fsp3) is 0.217. The highest BCUT2D eigenvalue weighted by Crippen LogP contribution is 2.34. The highest BCUT2D eigenvalue weighted by molar-refractivity contribution is 9.10. The molecule has 35 heavy (non-hydrogen) atoms. The maximum Gasteiger partial charge on any atom is 0.433 e. The molecule has 1 aliphatic rings. The first-order valence-corrected chi connectivity index (χ1v) is 11.2. The van der Waals surface area contributed by atoms with Gasteiger partial charge in [-0.05, 0) is 40.2 Å². The Kier molecular flexibility index (Phi) is 6.66.